The fourth-order valence-corrected chi connectivity index (χ4v) is 2.91. The van der Waals surface area contributed by atoms with Gasteiger partial charge in [0.15, 0.2) is 0 Å². The van der Waals surface area contributed by atoms with Crippen LogP contribution in [0.5, 0.6) is 0 Å². The molecule has 0 saturated carbocycles. The van der Waals surface area contributed by atoms with Gasteiger partial charge in [-0.05, 0) is 36.1 Å². The van der Waals surface area contributed by atoms with Crippen molar-refractivity contribution in [2.75, 3.05) is 0 Å². The van der Waals surface area contributed by atoms with Crippen molar-refractivity contribution in [1.29, 1.82) is 0 Å². The second kappa shape index (κ2) is 4.22. The zero-order chi connectivity index (χ0) is 15.5. The van der Waals surface area contributed by atoms with Gasteiger partial charge in [0.05, 0.1) is 11.1 Å². The number of hydrogen-bond acceptors (Lipinski definition) is 1. The lowest BCUT2D eigenvalue weighted by Gasteiger charge is -2.06. The van der Waals surface area contributed by atoms with Gasteiger partial charge in [-0.15, -0.1) is 0 Å². The smallest absolute Gasteiger partial charge is 0.240 e. The normalized spacial score (nSPS) is 12.5. The van der Waals surface area contributed by atoms with Crippen molar-refractivity contribution in [2.45, 2.75) is 13.1 Å². The van der Waals surface area contributed by atoms with Crippen LogP contribution in [-0.2, 0) is 6.18 Å². The first-order valence-corrected chi connectivity index (χ1v) is 6.83. The zero-order valence-corrected chi connectivity index (χ0v) is 11.6. The molecule has 0 fully saturated rings. The van der Waals surface area contributed by atoms with Crippen molar-refractivity contribution in [3.63, 3.8) is 0 Å². The molecule has 4 rings (SSSR count). The van der Waals surface area contributed by atoms with E-state index in [4.69, 9.17) is 0 Å². The van der Waals surface area contributed by atoms with Gasteiger partial charge in [-0.1, -0.05) is 24.3 Å². The summed E-state index contributed by atoms with van der Waals surface area (Å²) in [6, 6.07) is 11.9. The van der Waals surface area contributed by atoms with Gasteiger partial charge in [-0.3, -0.25) is 0 Å². The third kappa shape index (κ3) is 1.78. The Morgan fingerprint density at radius 1 is 0.955 bits per heavy atom. The van der Waals surface area contributed by atoms with Crippen molar-refractivity contribution in [3.8, 4) is 0 Å². The molecule has 0 spiro atoms. The van der Waals surface area contributed by atoms with Crippen LogP contribution in [0.25, 0.3) is 27.2 Å². The first-order valence-electron chi connectivity index (χ1n) is 6.83. The van der Waals surface area contributed by atoms with E-state index in [1.165, 1.54) is 10.7 Å². The Balaban J connectivity index is 2.17. The summed E-state index contributed by atoms with van der Waals surface area (Å²) in [5.74, 6) is 0. The topological polar surface area (TPSA) is 17.3 Å². The highest BCUT2D eigenvalue weighted by atomic mass is 19.4. The van der Waals surface area contributed by atoms with E-state index in [1.54, 1.807) is 0 Å². The highest BCUT2D eigenvalue weighted by Crippen LogP contribution is 2.34. The van der Waals surface area contributed by atoms with Crippen LogP contribution >= 0.6 is 0 Å². The van der Waals surface area contributed by atoms with Crippen LogP contribution in [0.3, 0.4) is 0 Å². The zero-order valence-electron chi connectivity index (χ0n) is 11.6. The van der Waals surface area contributed by atoms with Gasteiger partial charge >= 0.3 is 6.18 Å². The van der Waals surface area contributed by atoms with Gasteiger partial charge in [0.25, 0.3) is 0 Å². The second-order valence-electron chi connectivity index (χ2n) is 5.38. The second-order valence-corrected chi connectivity index (χ2v) is 5.38. The highest BCUT2D eigenvalue weighted by molar-refractivity contribution is 6.11. The quantitative estimate of drug-likeness (QED) is 0.448. The summed E-state index contributed by atoms with van der Waals surface area (Å²) in [6.45, 7) is 1.96. The maximum atomic E-state index is 12.9. The molecule has 0 aliphatic carbocycles. The van der Waals surface area contributed by atoms with E-state index in [9.17, 15) is 13.2 Å². The van der Waals surface area contributed by atoms with E-state index in [0.29, 0.717) is 5.52 Å². The Morgan fingerprint density at radius 3 is 2.41 bits per heavy atom. The fraction of sp³-hybridized carbons (Fsp3) is 0.118. The van der Waals surface area contributed by atoms with Crippen molar-refractivity contribution >= 4 is 27.2 Å². The minimum atomic E-state index is -4.36. The number of hydrogen-bond donors (Lipinski definition) is 0. The first kappa shape index (κ1) is 13.1. The maximum absolute atomic E-state index is 12.9. The molecule has 2 aromatic carbocycles. The molecule has 2 heterocycles. The van der Waals surface area contributed by atoms with Gasteiger partial charge in [-0.25, -0.2) is 4.52 Å². The summed E-state index contributed by atoms with van der Waals surface area (Å²) < 4.78 is 40.3. The van der Waals surface area contributed by atoms with E-state index in [2.05, 4.69) is 5.10 Å². The number of pyridine rings is 1. The maximum Gasteiger partial charge on any atom is 0.416 e. The van der Waals surface area contributed by atoms with Gasteiger partial charge < -0.3 is 0 Å². The summed E-state index contributed by atoms with van der Waals surface area (Å²) in [7, 11) is 0. The van der Waals surface area contributed by atoms with Gasteiger partial charge in [0.1, 0.15) is 5.52 Å². The highest BCUT2D eigenvalue weighted by Gasteiger charge is 2.31. The number of benzene rings is 2. The number of rotatable bonds is 0. The lowest BCUT2D eigenvalue weighted by molar-refractivity contribution is -0.137. The Kier molecular flexibility index (Phi) is 2.52. The number of halogens is 3. The van der Waals surface area contributed by atoms with Crippen molar-refractivity contribution in [1.82, 2.24) is 9.61 Å². The van der Waals surface area contributed by atoms with Crippen LogP contribution in [0.15, 0.2) is 48.7 Å². The molecule has 2 nitrogen and oxygen atoms in total. The fourth-order valence-electron chi connectivity index (χ4n) is 2.91. The third-order valence-corrected chi connectivity index (χ3v) is 3.97. The summed E-state index contributed by atoms with van der Waals surface area (Å²) in [5, 5.41) is 7.21. The number of alkyl halides is 3. The molecule has 110 valence electrons. The minimum absolute atomic E-state index is 0.471. The van der Waals surface area contributed by atoms with Crippen LogP contribution in [0.2, 0.25) is 0 Å². The summed E-state index contributed by atoms with van der Waals surface area (Å²) >= 11 is 0. The molecular formula is C17H11F3N2. The Labute approximate surface area is 123 Å². The average Bonchev–Trinajstić information content (AvgIpc) is 2.85. The molecule has 5 heteroatoms. The summed E-state index contributed by atoms with van der Waals surface area (Å²) in [4.78, 5) is 0. The SMILES string of the molecule is Cc1cc2c(nn3ccc(C(F)(F)F)cc23)c2ccccc12. The molecule has 0 unspecified atom stereocenters. The molecule has 0 radical (unpaired) electrons. The predicted molar refractivity (Wildman–Crippen MR) is 79.9 cm³/mol. The molecule has 0 N–H and O–H groups in total. The number of aromatic nitrogens is 2. The van der Waals surface area contributed by atoms with E-state index in [1.807, 2.05) is 37.3 Å². The van der Waals surface area contributed by atoms with E-state index in [-0.39, 0.29) is 0 Å². The molecular weight excluding hydrogens is 289 g/mol. The first-order chi connectivity index (χ1) is 10.4. The largest absolute Gasteiger partial charge is 0.416 e. The van der Waals surface area contributed by atoms with Crippen LogP contribution < -0.4 is 0 Å². The standard InChI is InChI=1S/C17H11F3N2/c1-10-8-14-15-9-11(17(18,19)20)6-7-22(15)21-16(14)13-5-3-2-4-12(10)13/h2-9H,1H3. The average molecular weight is 300 g/mol. The number of nitrogens with zero attached hydrogens (tertiary/aromatic N) is 2. The molecule has 0 aliphatic heterocycles. The van der Waals surface area contributed by atoms with Crippen LogP contribution in [0.1, 0.15) is 11.1 Å². The van der Waals surface area contributed by atoms with E-state index >= 15 is 0 Å². The molecule has 0 amide bonds. The number of aryl methyl sites for hydroxylation is 1. The van der Waals surface area contributed by atoms with Crippen LogP contribution in [-0.4, -0.2) is 9.61 Å². The summed E-state index contributed by atoms with van der Waals surface area (Å²) in [6.07, 6.45) is -2.99. The van der Waals surface area contributed by atoms with Crippen LogP contribution in [0.4, 0.5) is 13.2 Å². The van der Waals surface area contributed by atoms with Crippen molar-refractivity contribution in [2.24, 2.45) is 0 Å². The Bertz CT molecular complexity index is 1030. The Morgan fingerprint density at radius 2 is 1.68 bits per heavy atom. The Hall–Kier alpha value is -2.56. The van der Waals surface area contributed by atoms with Crippen molar-refractivity contribution in [3.05, 3.63) is 59.8 Å². The lowest BCUT2D eigenvalue weighted by atomic mass is 10.0. The molecule has 0 aliphatic rings. The number of fused-ring (bicyclic) bond motifs is 5. The minimum Gasteiger partial charge on any atom is -0.240 e. The van der Waals surface area contributed by atoms with Crippen LogP contribution in [0, 0.1) is 6.92 Å². The van der Waals surface area contributed by atoms with Crippen molar-refractivity contribution < 1.29 is 13.2 Å². The molecule has 0 saturated heterocycles. The molecule has 0 atom stereocenters. The van der Waals surface area contributed by atoms with Gasteiger partial charge in [-0.2, -0.15) is 18.3 Å². The molecule has 0 bridgehead atoms. The molecule has 2 aromatic heterocycles. The van der Waals surface area contributed by atoms with E-state index in [0.717, 1.165) is 39.4 Å². The van der Waals surface area contributed by atoms with E-state index < -0.39 is 11.7 Å². The molecule has 22 heavy (non-hydrogen) atoms. The molecule has 4 aromatic rings. The summed E-state index contributed by atoms with van der Waals surface area (Å²) in [5.41, 5.74) is 1.56. The van der Waals surface area contributed by atoms with Gasteiger partial charge in [0, 0.05) is 17.0 Å². The lowest BCUT2D eigenvalue weighted by Crippen LogP contribution is -2.05. The predicted octanol–water partition coefficient (Wildman–Crippen LogP) is 4.97. The monoisotopic (exact) mass is 300 g/mol. The third-order valence-electron chi connectivity index (χ3n) is 3.97. The van der Waals surface area contributed by atoms with Gasteiger partial charge in [0.2, 0.25) is 0 Å².